The first-order chi connectivity index (χ1) is 18.0. The van der Waals surface area contributed by atoms with Crippen LogP contribution in [0.5, 0.6) is 0 Å². The molecule has 1 amide bonds. The Labute approximate surface area is 226 Å². The van der Waals surface area contributed by atoms with Gasteiger partial charge in [0.2, 0.25) is 16.8 Å². The highest BCUT2D eigenvalue weighted by molar-refractivity contribution is 7.74. The molecule has 13 heteroatoms. The first-order valence-corrected chi connectivity index (χ1v) is 13.5. The van der Waals surface area contributed by atoms with Gasteiger partial charge < -0.3 is 20.6 Å². The summed E-state index contributed by atoms with van der Waals surface area (Å²) >= 11 is 6.29. The molecule has 3 aromatic rings. The normalized spacial score (nSPS) is 16.3. The van der Waals surface area contributed by atoms with E-state index in [9.17, 15) is 23.1 Å². The molecule has 1 aromatic carbocycles. The van der Waals surface area contributed by atoms with Gasteiger partial charge in [0, 0.05) is 38.6 Å². The van der Waals surface area contributed by atoms with Gasteiger partial charge in [-0.25, -0.2) is 23.2 Å². The lowest BCUT2D eigenvalue weighted by atomic mass is 9.94. The van der Waals surface area contributed by atoms with E-state index in [0.717, 1.165) is 26.2 Å². The fraction of sp³-hybridized carbons (Fsp3) is 0.360. The number of carbonyl (C=O) groups is 2. The lowest BCUT2D eigenvalue weighted by Gasteiger charge is -2.28. The van der Waals surface area contributed by atoms with Gasteiger partial charge >= 0.3 is 5.97 Å². The van der Waals surface area contributed by atoms with Gasteiger partial charge in [-0.05, 0) is 47.6 Å². The second-order valence-electron chi connectivity index (χ2n) is 9.26. The van der Waals surface area contributed by atoms with Crippen molar-refractivity contribution in [1.82, 2.24) is 14.9 Å². The van der Waals surface area contributed by atoms with Gasteiger partial charge in [0.1, 0.15) is 23.7 Å². The average molecular weight is 561 g/mol. The van der Waals surface area contributed by atoms with Gasteiger partial charge in [0.15, 0.2) is 0 Å². The highest BCUT2D eigenvalue weighted by Gasteiger charge is 2.43. The molecule has 3 heterocycles. The number of nitrogen functional groups attached to an aromatic ring is 1. The minimum Gasteiger partial charge on any atom is -0.480 e. The van der Waals surface area contributed by atoms with Crippen LogP contribution in [0.3, 0.4) is 0 Å². The number of likely N-dealkylation sites (tertiary alicyclic amines) is 1. The Morgan fingerprint density at radius 2 is 2.00 bits per heavy atom. The maximum absolute atomic E-state index is 13.5. The van der Waals surface area contributed by atoms with Crippen LogP contribution in [-0.4, -0.2) is 73.0 Å². The van der Waals surface area contributed by atoms with E-state index < -0.39 is 34.9 Å². The monoisotopic (exact) mass is 560 g/mol. The summed E-state index contributed by atoms with van der Waals surface area (Å²) in [4.78, 5) is 37.1. The number of fused-ring (bicyclic) bond motifs is 1. The Balaban J connectivity index is 1.65. The minimum absolute atomic E-state index is 0.0591. The van der Waals surface area contributed by atoms with E-state index in [1.54, 1.807) is 31.3 Å². The van der Waals surface area contributed by atoms with Gasteiger partial charge in [-0.2, -0.15) is 0 Å². The van der Waals surface area contributed by atoms with E-state index >= 15 is 0 Å². The number of carbonyl (C=O) groups excluding carboxylic acids is 1. The fourth-order valence-electron chi connectivity index (χ4n) is 4.88. The highest BCUT2D eigenvalue weighted by Crippen LogP contribution is 2.32. The van der Waals surface area contributed by atoms with E-state index in [4.69, 9.17) is 17.3 Å². The Hall–Kier alpha value is -3.64. The fourth-order valence-corrected chi connectivity index (χ4v) is 5.95. The van der Waals surface area contributed by atoms with Crippen LogP contribution in [0.2, 0.25) is 5.02 Å². The molecule has 2 aromatic heterocycles. The second-order valence-corrected chi connectivity index (χ2v) is 10.6. The molecule has 1 fully saturated rings. The van der Waals surface area contributed by atoms with E-state index in [1.165, 1.54) is 17.2 Å². The standard InChI is InChI=1S/C25H29ClN6O5S/c1-4-14-10-18-15(5-7-28-22(18)27)9-16(14)11-21(25(34)35)31-8-6-20(24(31)33)32(38(36)37)17-12-19(26)23(29-13-17)30(2)3/h5,7,9-10,12-13,20-21,38H,4,6,8,11H2,1-3H3,(H2,27,28)(H,34,35)/t20-,21+/m0/s1. The number of nitrogens with zero attached hydrogens (tertiary/aromatic N) is 5. The van der Waals surface area contributed by atoms with E-state index in [-0.39, 0.29) is 30.1 Å². The smallest absolute Gasteiger partial charge is 0.326 e. The number of aryl methyl sites for hydroxylation is 1. The molecular weight excluding hydrogens is 532 g/mol. The first kappa shape index (κ1) is 27.4. The largest absolute Gasteiger partial charge is 0.480 e. The molecule has 1 aliphatic heterocycles. The van der Waals surface area contributed by atoms with Crippen LogP contribution in [0, 0.1) is 0 Å². The minimum atomic E-state index is -3.24. The number of carboxylic acid groups (broad SMARTS) is 1. The number of carboxylic acids is 1. The molecular formula is C25H29ClN6O5S. The van der Waals surface area contributed by atoms with Crippen molar-refractivity contribution in [3.8, 4) is 0 Å². The number of rotatable bonds is 9. The molecule has 0 bridgehead atoms. The summed E-state index contributed by atoms with van der Waals surface area (Å²) in [6, 6.07) is 4.72. The number of pyridine rings is 2. The number of hydrogen-bond donors (Lipinski definition) is 3. The third kappa shape index (κ3) is 5.18. The Bertz CT molecular complexity index is 1470. The van der Waals surface area contributed by atoms with Gasteiger partial charge in [-0.1, -0.05) is 24.6 Å². The lowest BCUT2D eigenvalue weighted by Crippen LogP contribution is -2.48. The molecule has 0 aliphatic carbocycles. The number of amides is 1. The van der Waals surface area contributed by atoms with E-state index in [2.05, 4.69) is 9.97 Å². The van der Waals surface area contributed by atoms with Crippen LogP contribution in [0.1, 0.15) is 24.5 Å². The van der Waals surface area contributed by atoms with E-state index in [0.29, 0.717) is 18.1 Å². The van der Waals surface area contributed by atoms with Crippen LogP contribution in [0.15, 0.2) is 36.7 Å². The van der Waals surface area contributed by atoms with Gasteiger partial charge in [0.25, 0.3) is 0 Å². The van der Waals surface area contributed by atoms with Crippen LogP contribution in [0.4, 0.5) is 17.3 Å². The SMILES string of the molecule is CCc1cc2c(N)nccc2cc1C[C@H](C(=O)O)N1CC[C@H](N(c2cnc(N(C)C)c(Cl)c2)[SH](=O)=O)C1=O. The Morgan fingerprint density at radius 1 is 1.26 bits per heavy atom. The zero-order valence-electron chi connectivity index (χ0n) is 21.2. The molecule has 4 rings (SSSR count). The number of anilines is 3. The number of aliphatic carboxylic acids is 1. The van der Waals surface area contributed by atoms with Crippen molar-refractivity contribution in [1.29, 1.82) is 0 Å². The van der Waals surface area contributed by atoms with Crippen molar-refractivity contribution in [2.45, 2.75) is 38.3 Å². The van der Waals surface area contributed by atoms with Crippen LogP contribution >= 0.6 is 11.6 Å². The molecule has 1 aliphatic rings. The molecule has 1 saturated heterocycles. The molecule has 0 unspecified atom stereocenters. The quantitative estimate of drug-likeness (QED) is 0.334. The summed E-state index contributed by atoms with van der Waals surface area (Å²) in [5, 5.41) is 11.9. The van der Waals surface area contributed by atoms with Crippen molar-refractivity contribution in [3.63, 3.8) is 0 Å². The molecule has 38 heavy (non-hydrogen) atoms. The molecule has 0 radical (unpaired) electrons. The third-order valence-electron chi connectivity index (χ3n) is 6.75. The summed E-state index contributed by atoms with van der Waals surface area (Å²) in [5.74, 6) is -0.928. The van der Waals surface area contributed by atoms with Gasteiger partial charge in [-0.3, -0.25) is 9.10 Å². The highest BCUT2D eigenvalue weighted by atomic mass is 35.5. The molecule has 0 saturated carbocycles. The number of thiol groups is 1. The van der Waals surface area contributed by atoms with Gasteiger partial charge in [-0.15, -0.1) is 0 Å². The average Bonchev–Trinajstić information content (AvgIpc) is 3.22. The molecule has 202 valence electrons. The first-order valence-electron chi connectivity index (χ1n) is 12.0. The predicted octanol–water partition coefficient (Wildman–Crippen LogP) is 2.12. The number of nitrogens with two attached hydrogens (primary N) is 1. The predicted molar refractivity (Wildman–Crippen MR) is 147 cm³/mol. The third-order valence-corrected chi connectivity index (χ3v) is 7.89. The number of benzene rings is 1. The van der Waals surface area contributed by atoms with Crippen molar-refractivity contribution in [2.24, 2.45) is 0 Å². The summed E-state index contributed by atoms with van der Waals surface area (Å²) in [5.41, 5.74) is 7.83. The van der Waals surface area contributed by atoms with E-state index in [1.807, 2.05) is 19.1 Å². The maximum atomic E-state index is 13.5. The molecule has 11 nitrogen and oxygen atoms in total. The Kier molecular flexibility index (Phi) is 7.93. The summed E-state index contributed by atoms with van der Waals surface area (Å²) < 4.78 is 25.5. The van der Waals surface area contributed by atoms with Crippen molar-refractivity contribution in [3.05, 3.63) is 52.8 Å². The summed E-state index contributed by atoms with van der Waals surface area (Å²) in [7, 11) is 0.252. The zero-order chi connectivity index (χ0) is 27.7. The molecule has 2 atom stereocenters. The number of halogens is 1. The topological polar surface area (TPSA) is 150 Å². The van der Waals surface area contributed by atoms with Crippen molar-refractivity contribution in [2.75, 3.05) is 35.6 Å². The summed E-state index contributed by atoms with van der Waals surface area (Å²) in [6.45, 7) is 2.04. The second kappa shape index (κ2) is 11.0. The van der Waals surface area contributed by atoms with Crippen LogP contribution in [-0.2, 0) is 33.3 Å². The summed E-state index contributed by atoms with van der Waals surface area (Å²) in [6.07, 6.45) is 3.73. The number of hydrogen-bond acceptors (Lipinski definition) is 8. The van der Waals surface area contributed by atoms with Crippen molar-refractivity contribution >= 4 is 62.5 Å². The molecule has 3 N–H and O–H groups in total. The van der Waals surface area contributed by atoms with Gasteiger partial charge in [0.05, 0.1) is 16.9 Å². The van der Waals surface area contributed by atoms with Crippen molar-refractivity contribution < 1.29 is 23.1 Å². The van der Waals surface area contributed by atoms with Crippen LogP contribution < -0.4 is 14.9 Å². The van der Waals surface area contributed by atoms with Crippen LogP contribution in [0.25, 0.3) is 10.8 Å². The maximum Gasteiger partial charge on any atom is 0.326 e. The Morgan fingerprint density at radius 3 is 2.61 bits per heavy atom. The lowest BCUT2D eigenvalue weighted by molar-refractivity contribution is -0.148. The zero-order valence-corrected chi connectivity index (χ0v) is 22.8. The number of aromatic nitrogens is 2. The molecule has 0 spiro atoms.